The highest BCUT2D eigenvalue weighted by Gasteiger charge is 1.94. The zero-order chi connectivity index (χ0) is 9.40. The number of carbonyl (C=O) groups excluding carboxylic acids is 1. The molecule has 0 aromatic heterocycles. The van der Waals surface area contributed by atoms with Gasteiger partial charge in [0.15, 0.2) is 0 Å². The number of carbonyl (C=O) groups is 1. The topological polar surface area (TPSA) is 29.1 Å². The van der Waals surface area contributed by atoms with Crippen LogP contribution in [0.1, 0.15) is 46.5 Å². The Bertz CT molecular complexity index is 121. The summed E-state index contributed by atoms with van der Waals surface area (Å²) >= 11 is 0. The molecule has 0 atom stereocenters. The fraction of sp³-hybridized carbons (Fsp3) is 0.900. The van der Waals surface area contributed by atoms with Gasteiger partial charge in [-0.3, -0.25) is 0 Å². The predicted molar refractivity (Wildman–Crippen MR) is 52.3 cm³/mol. The monoisotopic (exact) mass is 171 g/mol. The molecule has 2 heteroatoms. The molecule has 0 radical (unpaired) electrons. The summed E-state index contributed by atoms with van der Waals surface area (Å²) in [6.07, 6.45) is 4.15. The largest absolute Gasteiger partial charge is 0.315 e. The molecule has 0 heterocycles. The van der Waals surface area contributed by atoms with Crippen LogP contribution in [0.5, 0.6) is 0 Å². The van der Waals surface area contributed by atoms with E-state index in [-0.39, 0.29) is 0 Å². The van der Waals surface area contributed by atoms with Gasteiger partial charge in [-0.2, -0.15) is 0 Å². The van der Waals surface area contributed by atoms with Gasteiger partial charge in [0.2, 0.25) is 0 Å². The second kappa shape index (κ2) is 7.29. The minimum absolute atomic E-state index is 0.312. The van der Waals surface area contributed by atoms with E-state index in [4.69, 9.17) is 0 Å². The molecule has 0 saturated carbocycles. The lowest BCUT2D eigenvalue weighted by atomic mass is 10.1. The van der Waals surface area contributed by atoms with Gasteiger partial charge in [0.1, 0.15) is 5.78 Å². The third-order valence-electron chi connectivity index (χ3n) is 1.76. The Morgan fingerprint density at radius 1 is 1.25 bits per heavy atom. The van der Waals surface area contributed by atoms with Gasteiger partial charge in [-0.15, -0.1) is 0 Å². The quantitative estimate of drug-likeness (QED) is 0.595. The average Bonchev–Trinajstić information content (AvgIpc) is 1.95. The van der Waals surface area contributed by atoms with E-state index in [2.05, 4.69) is 19.2 Å². The molecule has 0 bridgehead atoms. The standard InChI is InChI=1S/C10H21NO/c1-9(2)11-8-6-4-5-7-10(3)12/h9,11H,4-8H2,1-3H3. The highest BCUT2D eigenvalue weighted by atomic mass is 16.1. The van der Waals surface area contributed by atoms with Crippen molar-refractivity contribution in [1.82, 2.24) is 5.32 Å². The molecule has 0 aromatic rings. The molecule has 0 amide bonds. The number of Topliss-reactive ketones (excluding diaryl/α,β-unsaturated/α-hetero) is 1. The first-order valence-electron chi connectivity index (χ1n) is 4.85. The number of rotatable bonds is 7. The van der Waals surface area contributed by atoms with E-state index >= 15 is 0 Å². The van der Waals surface area contributed by atoms with Crippen LogP contribution in [-0.2, 0) is 4.79 Å². The molecular weight excluding hydrogens is 150 g/mol. The SMILES string of the molecule is CC(=O)CCCCCNC(C)C. The van der Waals surface area contributed by atoms with Gasteiger partial charge in [0, 0.05) is 12.5 Å². The summed E-state index contributed by atoms with van der Waals surface area (Å²) in [5, 5.41) is 3.35. The van der Waals surface area contributed by atoms with E-state index in [0.29, 0.717) is 11.8 Å². The first-order valence-corrected chi connectivity index (χ1v) is 4.85. The molecule has 0 aromatic carbocycles. The minimum Gasteiger partial charge on any atom is -0.315 e. The molecule has 0 fully saturated rings. The van der Waals surface area contributed by atoms with Crippen molar-refractivity contribution in [2.75, 3.05) is 6.54 Å². The van der Waals surface area contributed by atoms with Crippen molar-refractivity contribution < 1.29 is 4.79 Å². The lowest BCUT2D eigenvalue weighted by Crippen LogP contribution is -2.23. The molecule has 0 spiro atoms. The second-order valence-corrected chi connectivity index (χ2v) is 3.62. The summed E-state index contributed by atoms with van der Waals surface area (Å²) in [5.41, 5.74) is 0. The molecule has 0 aliphatic heterocycles. The molecule has 0 saturated heterocycles. The van der Waals surface area contributed by atoms with E-state index in [1.54, 1.807) is 6.92 Å². The van der Waals surface area contributed by atoms with E-state index in [9.17, 15) is 4.79 Å². The zero-order valence-corrected chi connectivity index (χ0v) is 8.52. The Morgan fingerprint density at radius 3 is 2.42 bits per heavy atom. The molecule has 2 nitrogen and oxygen atoms in total. The van der Waals surface area contributed by atoms with Crippen molar-refractivity contribution in [3.8, 4) is 0 Å². The highest BCUT2D eigenvalue weighted by molar-refractivity contribution is 5.75. The molecule has 12 heavy (non-hydrogen) atoms. The Hall–Kier alpha value is -0.370. The number of ketones is 1. The maximum absolute atomic E-state index is 10.6. The maximum atomic E-state index is 10.6. The molecule has 0 aliphatic carbocycles. The van der Waals surface area contributed by atoms with Crippen molar-refractivity contribution in [2.45, 2.75) is 52.5 Å². The highest BCUT2D eigenvalue weighted by Crippen LogP contribution is 1.99. The lowest BCUT2D eigenvalue weighted by molar-refractivity contribution is -0.117. The Morgan fingerprint density at radius 2 is 1.92 bits per heavy atom. The van der Waals surface area contributed by atoms with Gasteiger partial charge < -0.3 is 10.1 Å². The van der Waals surface area contributed by atoms with Crippen LogP contribution in [-0.4, -0.2) is 18.4 Å². The van der Waals surface area contributed by atoms with E-state index in [1.807, 2.05) is 0 Å². The summed E-state index contributed by atoms with van der Waals surface area (Å²) < 4.78 is 0. The minimum atomic E-state index is 0.312. The molecule has 0 aliphatic rings. The fourth-order valence-electron chi connectivity index (χ4n) is 1.07. The van der Waals surface area contributed by atoms with E-state index in [0.717, 1.165) is 19.4 Å². The average molecular weight is 171 g/mol. The number of hydrogen-bond acceptors (Lipinski definition) is 2. The van der Waals surface area contributed by atoms with Gasteiger partial charge >= 0.3 is 0 Å². The van der Waals surface area contributed by atoms with Crippen LogP contribution in [0.3, 0.4) is 0 Å². The molecular formula is C10H21NO. The molecule has 1 N–H and O–H groups in total. The maximum Gasteiger partial charge on any atom is 0.129 e. The number of hydrogen-bond donors (Lipinski definition) is 1. The van der Waals surface area contributed by atoms with Crippen LogP contribution in [0, 0.1) is 0 Å². The smallest absolute Gasteiger partial charge is 0.129 e. The third-order valence-corrected chi connectivity index (χ3v) is 1.76. The van der Waals surface area contributed by atoms with E-state index < -0.39 is 0 Å². The van der Waals surface area contributed by atoms with Crippen LogP contribution in [0.15, 0.2) is 0 Å². The van der Waals surface area contributed by atoms with Crippen LogP contribution >= 0.6 is 0 Å². The molecule has 0 unspecified atom stereocenters. The van der Waals surface area contributed by atoms with Crippen molar-refractivity contribution in [2.24, 2.45) is 0 Å². The summed E-state index contributed by atoms with van der Waals surface area (Å²) in [6, 6.07) is 0.581. The molecule has 72 valence electrons. The van der Waals surface area contributed by atoms with Gasteiger partial charge in [-0.05, 0) is 26.3 Å². The lowest BCUT2D eigenvalue weighted by Gasteiger charge is -2.06. The van der Waals surface area contributed by atoms with Crippen molar-refractivity contribution in [3.05, 3.63) is 0 Å². The summed E-state index contributed by atoms with van der Waals surface area (Å²) in [7, 11) is 0. The van der Waals surface area contributed by atoms with Crippen molar-refractivity contribution in [1.29, 1.82) is 0 Å². The fourth-order valence-corrected chi connectivity index (χ4v) is 1.07. The van der Waals surface area contributed by atoms with Crippen LogP contribution in [0.4, 0.5) is 0 Å². The molecule has 0 rings (SSSR count). The van der Waals surface area contributed by atoms with Gasteiger partial charge in [0.05, 0.1) is 0 Å². The Labute approximate surface area is 75.7 Å². The third kappa shape index (κ3) is 9.63. The summed E-state index contributed by atoms with van der Waals surface area (Å²) in [4.78, 5) is 10.6. The number of unbranched alkanes of at least 4 members (excludes halogenated alkanes) is 2. The van der Waals surface area contributed by atoms with Gasteiger partial charge in [-0.1, -0.05) is 20.3 Å². The summed E-state index contributed by atoms with van der Waals surface area (Å²) in [5.74, 6) is 0.312. The van der Waals surface area contributed by atoms with Crippen LogP contribution in [0.2, 0.25) is 0 Å². The predicted octanol–water partition coefficient (Wildman–Crippen LogP) is 2.13. The van der Waals surface area contributed by atoms with Gasteiger partial charge in [-0.25, -0.2) is 0 Å². The second-order valence-electron chi connectivity index (χ2n) is 3.62. The van der Waals surface area contributed by atoms with E-state index in [1.165, 1.54) is 12.8 Å². The number of nitrogens with one attached hydrogen (secondary N) is 1. The van der Waals surface area contributed by atoms with Gasteiger partial charge in [0.25, 0.3) is 0 Å². The first kappa shape index (κ1) is 11.6. The van der Waals surface area contributed by atoms with Crippen molar-refractivity contribution >= 4 is 5.78 Å². The first-order chi connectivity index (χ1) is 5.63. The van der Waals surface area contributed by atoms with Crippen LogP contribution < -0.4 is 5.32 Å². The zero-order valence-electron chi connectivity index (χ0n) is 8.52. The van der Waals surface area contributed by atoms with Crippen LogP contribution in [0.25, 0.3) is 0 Å². The Balaban J connectivity index is 2.96. The van der Waals surface area contributed by atoms with Crippen molar-refractivity contribution in [3.63, 3.8) is 0 Å². The summed E-state index contributed by atoms with van der Waals surface area (Å²) in [6.45, 7) is 7.03. The Kier molecular flexibility index (Phi) is 7.06. The normalized spacial score (nSPS) is 10.7.